The fourth-order valence-corrected chi connectivity index (χ4v) is 6.30. The van der Waals surface area contributed by atoms with Gasteiger partial charge >= 0.3 is 0 Å². The van der Waals surface area contributed by atoms with Crippen LogP contribution in [0.1, 0.15) is 51.0 Å². The van der Waals surface area contributed by atoms with E-state index in [9.17, 15) is 4.79 Å². The number of hydrogen-bond acceptors (Lipinski definition) is 3. The third-order valence-electron chi connectivity index (χ3n) is 7.13. The Labute approximate surface area is 167 Å². The zero-order chi connectivity index (χ0) is 19.2. The van der Waals surface area contributed by atoms with E-state index in [1.54, 1.807) is 7.11 Å². The highest BCUT2D eigenvalue weighted by molar-refractivity contribution is 6.30. The van der Waals surface area contributed by atoms with Gasteiger partial charge in [0, 0.05) is 22.7 Å². The van der Waals surface area contributed by atoms with Crippen LogP contribution in [-0.2, 0) is 11.3 Å². The summed E-state index contributed by atoms with van der Waals surface area (Å²) in [4.78, 5) is 15.1. The second-order valence-corrected chi connectivity index (χ2v) is 9.67. The van der Waals surface area contributed by atoms with Crippen molar-refractivity contribution in [1.29, 1.82) is 0 Å². The summed E-state index contributed by atoms with van der Waals surface area (Å²) < 4.78 is 5.45. The lowest BCUT2D eigenvalue weighted by atomic mass is 9.53. The van der Waals surface area contributed by atoms with Crippen molar-refractivity contribution in [2.45, 2.75) is 63.6 Å². The van der Waals surface area contributed by atoms with Crippen LogP contribution in [0.4, 0.5) is 0 Å². The number of nitrogens with one attached hydrogen (secondary N) is 1. The molecular weight excluding hydrogens is 360 g/mol. The largest absolute Gasteiger partial charge is 0.496 e. The summed E-state index contributed by atoms with van der Waals surface area (Å²) in [7, 11) is 3.65. The number of methoxy groups -OCH3 is 1. The minimum absolute atomic E-state index is 0.0642. The van der Waals surface area contributed by atoms with Gasteiger partial charge in [-0.1, -0.05) is 11.6 Å². The number of benzene rings is 1. The highest BCUT2D eigenvalue weighted by Crippen LogP contribution is 2.55. The lowest BCUT2D eigenvalue weighted by Gasteiger charge is -2.57. The van der Waals surface area contributed by atoms with Crippen LogP contribution in [0.2, 0.25) is 5.02 Å². The molecule has 1 aromatic rings. The monoisotopic (exact) mass is 390 g/mol. The predicted octanol–water partition coefficient (Wildman–Crippen LogP) is 4.25. The van der Waals surface area contributed by atoms with Gasteiger partial charge in [-0.05, 0) is 88.4 Å². The van der Waals surface area contributed by atoms with Gasteiger partial charge in [0.2, 0.25) is 5.91 Å². The number of amides is 1. The zero-order valence-electron chi connectivity index (χ0n) is 16.6. The third-order valence-corrected chi connectivity index (χ3v) is 7.36. The van der Waals surface area contributed by atoms with Crippen LogP contribution in [0, 0.1) is 17.8 Å². The van der Waals surface area contributed by atoms with Gasteiger partial charge in [0.25, 0.3) is 0 Å². The summed E-state index contributed by atoms with van der Waals surface area (Å²) in [5.41, 5.74) is 1.07. The Morgan fingerprint density at radius 1 is 1.26 bits per heavy atom. The van der Waals surface area contributed by atoms with Crippen molar-refractivity contribution in [1.82, 2.24) is 10.2 Å². The quantitative estimate of drug-likeness (QED) is 0.789. The molecule has 0 radical (unpaired) electrons. The van der Waals surface area contributed by atoms with Gasteiger partial charge in [-0.3, -0.25) is 9.69 Å². The molecule has 4 aliphatic carbocycles. The number of halogens is 1. The number of ether oxygens (including phenoxy) is 1. The minimum atomic E-state index is -0.193. The van der Waals surface area contributed by atoms with Crippen LogP contribution in [0.25, 0.3) is 0 Å². The van der Waals surface area contributed by atoms with Crippen molar-refractivity contribution < 1.29 is 9.53 Å². The second kappa shape index (κ2) is 7.29. The first-order chi connectivity index (χ1) is 12.9. The van der Waals surface area contributed by atoms with Crippen LogP contribution in [0.3, 0.4) is 0 Å². The molecule has 4 bridgehead atoms. The molecule has 4 saturated carbocycles. The Morgan fingerprint density at radius 3 is 2.41 bits per heavy atom. The SMILES string of the molecule is COc1ccc(Cl)cc1CN(C)[C@@H](C)C(=O)NC12CC3CC(CC(C3)C1)C2. The van der Waals surface area contributed by atoms with Gasteiger partial charge in [0.15, 0.2) is 0 Å². The molecule has 4 nitrogen and oxygen atoms in total. The van der Waals surface area contributed by atoms with Gasteiger partial charge < -0.3 is 10.1 Å². The van der Waals surface area contributed by atoms with E-state index in [0.29, 0.717) is 11.6 Å². The highest BCUT2D eigenvalue weighted by Gasteiger charge is 2.51. The summed E-state index contributed by atoms with van der Waals surface area (Å²) in [5, 5.41) is 4.18. The Morgan fingerprint density at radius 2 is 1.85 bits per heavy atom. The molecule has 0 heterocycles. The van der Waals surface area contributed by atoms with Crippen molar-refractivity contribution >= 4 is 17.5 Å². The Hall–Kier alpha value is -1.26. The van der Waals surface area contributed by atoms with E-state index in [0.717, 1.165) is 29.1 Å². The lowest BCUT2D eigenvalue weighted by molar-refractivity contribution is -0.131. The van der Waals surface area contributed by atoms with Gasteiger partial charge in [-0.2, -0.15) is 0 Å². The van der Waals surface area contributed by atoms with Crippen molar-refractivity contribution in [2.24, 2.45) is 17.8 Å². The molecule has 1 amide bonds. The van der Waals surface area contributed by atoms with Crippen LogP contribution < -0.4 is 10.1 Å². The first kappa shape index (κ1) is 19.1. The zero-order valence-corrected chi connectivity index (χ0v) is 17.4. The molecule has 0 unspecified atom stereocenters. The summed E-state index contributed by atoms with van der Waals surface area (Å²) in [6.45, 7) is 2.62. The molecule has 0 aliphatic heterocycles. The number of carbonyl (C=O) groups is 1. The normalized spacial score (nSPS) is 32.6. The number of carbonyl (C=O) groups excluding carboxylic acids is 1. The molecule has 5 heteroatoms. The molecule has 1 aromatic carbocycles. The van der Waals surface area contributed by atoms with Crippen LogP contribution >= 0.6 is 11.6 Å². The number of likely N-dealkylation sites (N-methyl/N-ethyl adjacent to an activating group) is 1. The summed E-state index contributed by atoms with van der Waals surface area (Å²) in [5.74, 6) is 3.46. The highest BCUT2D eigenvalue weighted by atomic mass is 35.5. The molecule has 148 valence electrons. The smallest absolute Gasteiger partial charge is 0.237 e. The minimum Gasteiger partial charge on any atom is -0.496 e. The van der Waals surface area contributed by atoms with Gasteiger partial charge in [0.05, 0.1) is 13.2 Å². The Kier molecular flexibility index (Phi) is 5.15. The number of nitrogens with zero attached hydrogens (tertiary/aromatic N) is 1. The van der Waals surface area contributed by atoms with Crippen LogP contribution in [-0.4, -0.2) is 36.5 Å². The van der Waals surface area contributed by atoms with E-state index in [4.69, 9.17) is 16.3 Å². The maximum Gasteiger partial charge on any atom is 0.237 e. The van der Waals surface area contributed by atoms with E-state index >= 15 is 0 Å². The fourth-order valence-electron chi connectivity index (χ4n) is 6.11. The van der Waals surface area contributed by atoms with E-state index < -0.39 is 0 Å². The summed E-state index contributed by atoms with van der Waals surface area (Å²) in [6, 6.07) is 5.43. The number of hydrogen-bond donors (Lipinski definition) is 1. The molecule has 27 heavy (non-hydrogen) atoms. The first-order valence-electron chi connectivity index (χ1n) is 10.2. The molecule has 0 spiro atoms. The van der Waals surface area contributed by atoms with E-state index in [1.165, 1.54) is 38.5 Å². The molecule has 1 atom stereocenters. The molecule has 0 saturated heterocycles. The molecule has 1 N–H and O–H groups in total. The third kappa shape index (κ3) is 3.84. The Bertz CT molecular complexity index is 685. The van der Waals surface area contributed by atoms with Crippen LogP contribution in [0.5, 0.6) is 5.75 Å². The maximum atomic E-state index is 13.1. The Balaban J connectivity index is 1.41. The summed E-state index contributed by atoms with van der Waals surface area (Å²) >= 11 is 6.15. The fraction of sp³-hybridized carbons (Fsp3) is 0.682. The topological polar surface area (TPSA) is 41.6 Å². The molecular formula is C22H31ClN2O2. The molecule has 0 aromatic heterocycles. The van der Waals surface area contributed by atoms with Gasteiger partial charge in [-0.25, -0.2) is 0 Å². The van der Waals surface area contributed by atoms with Crippen molar-refractivity contribution in [3.63, 3.8) is 0 Å². The maximum absolute atomic E-state index is 13.1. The van der Waals surface area contributed by atoms with Crippen molar-refractivity contribution in [3.05, 3.63) is 28.8 Å². The van der Waals surface area contributed by atoms with Crippen molar-refractivity contribution in [2.75, 3.05) is 14.2 Å². The lowest BCUT2D eigenvalue weighted by Crippen LogP contribution is -2.62. The van der Waals surface area contributed by atoms with E-state index in [1.807, 2.05) is 32.2 Å². The average Bonchev–Trinajstić information content (AvgIpc) is 2.59. The van der Waals surface area contributed by atoms with Crippen LogP contribution in [0.15, 0.2) is 18.2 Å². The summed E-state index contributed by atoms with van der Waals surface area (Å²) in [6.07, 6.45) is 7.72. The second-order valence-electron chi connectivity index (χ2n) is 9.23. The molecule has 4 fully saturated rings. The molecule has 4 aliphatic rings. The molecule has 5 rings (SSSR count). The average molecular weight is 391 g/mol. The predicted molar refractivity (Wildman–Crippen MR) is 108 cm³/mol. The van der Waals surface area contributed by atoms with Crippen molar-refractivity contribution in [3.8, 4) is 5.75 Å². The first-order valence-corrected chi connectivity index (χ1v) is 10.6. The standard InChI is InChI=1S/C22H31ClN2O2/c1-14(25(2)13-18-9-19(23)4-5-20(18)27-3)21(26)24-22-10-15-6-16(11-22)8-17(7-15)12-22/h4-5,9,14-17H,6-8,10-13H2,1-3H3,(H,24,26)/t14-,15?,16?,17?,22?/m0/s1. The van der Waals surface area contributed by atoms with Gasteiger partial charge in [-0.15, -0.1) is 0 Å². The van der Waals surface area contributed by atoms with E-state index in [2.05, 4.69) is 10.2 Å². The van der Waals surface area contributed by atoms with Gasteiger partial charge in [0.1, 0.15) is 5.75 Å². The number of rotatable bonds is 6. The van der Waals surface area contributed by atoms with E-state index in [-0.39, 0.29) is 17.5 Å².